The predicted octanol–water partition coefficient (Wildman–Crippen LogP) is 3.55. The molecule has 0 aliphatic heterocycles. The smallest absolute Gasteiger partial charge is 0.248 e. The molecular formula is C17H17N5O. The number of hydrogen-bond donors (Lipinski definition) is 2. The summed E-state index contributed by atoms with van der Waals surface area (Å²) in [5.41, 5.74) is 7.67. The summed E-state index contributed by atoms with van der Waals surface area (Å²) in [6.45, 7) is 2.10. The standard InChI is InChI=1S/C17H17N5O/c1-2-12-6-8-13(9-7-12)23-17-15(18)16(20-11-21-17)22-14-5-3-4-10-19-14/h3-11H,2,18H2,1H3,(H,19,20,21,22). The molecule has 3 rings (SSSR count). The molecule has 0 saturated carbocycles. The minimum absolute atomic E-state index is 0.308. The third kappa shape index (κ3) is 3.55. The number of benzene rings is 1. The van der Waals surface area contributed by atoms with E-state index in [1.54, 1.807) is 6.20 Å². The van der Waals surface area contributed by atoms with Crippen LogP contribution in [0.25, 0.3) is 0 Å². The van der Waals surface area contributed by atoms with Gasteiger partial charge in [0.05, 0.1) is 0 Å². The Hall–Kier alpha value is -3.15. The van der Waals surface area contributed by atoms with Crippen molar-refractivity contribution in [2.75, 3.05) is 11.1 Å². The van der Waals surface area contributed by atoms with E-state index in [0.717, 1.165) is 6.42 Å². The molecule has 0 saturated heterocycles. The monoisotopic (exact) mass is 307 g/mol. The Morgan fingerprint density at radius 3 is 2.57 bits per heavy atom. The highest BCUT2D eigenvalue weighted by Crippen LogP contribution is 2.30. The second-order valence-electron chi connectivity index (χ2n) is 4.88. The van der Waals surface area contributed by atoms with Gasteiger partial charge in [0, 0.05) is 6.20 Å². The van der Waals surface area contributed by atoms with Gasteiger partial charge >= 0.3 is 0 Å². The molecule has 6 heteroatoms. The summed E-state index contributed by atoms with van der Waals surface area (Å²) in [5.74, 6) is 2.09. The molecule has 116 valence electrons. The van der Waals surface area contributed by atoms with Crippen LogP contribution >= 0.6 is 0 Å². The first-order valence-electron chi connectivity index (χ1n) is 7.31. The number of nitrogens with zero attached hydrogens (tertiary/aromatic N) is 3. The van der Waals surface area contributed by atoms with E-state index in [4.69, 9.17) is 10.5 Å². The minimum Gasteiger partial charge on any atom is -0.437 e. The lowest BCUT2D eigenvalue weighted by atomic mass is 10.2. The lowest BCUT2D eigenvalue weighted by Gasteiger charge is -2.11. The molecule has 3 aromatic rings. The summed E-state index contributed by atoms with van der Waals surface area (Å²) in [5, 5.41) is 3.05. The Morgan fingerprint density at radius 2 is 1.87 bits per heavy atom. The Morgan fingerprint density at radius 1 is 1.04 bits per heavy atom. The van der Waals surface area contributed by atoms with E-state index < -0.39 is 0 Å². The lowest BCUT2D eigenvalue weighted by Crippen LogP contribution is -2.03. The second-order valence-corrected chi connectivity index (χ2v) is 4.88. The lowest BCUT2D eigenvalue weighted by molar-refractivity contribution is 0.464. The fourth-order valence-electron chi connectivity index (χ4n) is 2.02. The molecule has 23 heavy (non-hydrogen) atoms. The Labute approximate surface area is 134 Å². The highest BCUT2D eigenvalue weighted by atomic mass is 16.5. The molecule has 2 aromatic heterocycles. The second kappa shape index (κ2) is 6.74. The molecule has 0 aliphatic rings. The zero-order valence-electron chi connectivity index (χ0n) is 12.7. The van der Waals surface area contributed by atoms with Crippen LogP contribution in [-0.2, 0) is 6.42 Å². The largest absolute Gasteiger partial charge is 0.437 e. The van der Waals surface area contributed by atoms with Gasteiger partial charge in [-0.05, 0) is 36.2 Å². The van der Waals surface area contributed by atoms with E-state index >= 15 is 0 Å². The Balaban J connectivity index is 1.81. The first-order chi connectivity index (χ1) is 11.3. The quantitative estimate of drug-likeness (QED) is 0.749. The number of nitrogen functional groups attached to an aromatic ring is 1. The predicted molar refractivity (Wildman–Crippen MR) is 89.9 cm³/mol. The van der Waals surface area contributed by atoms with Crippen LogP contribution in [0.2, 0.25) is 0 Å². The zero-order valence-corrected chi connectivity index (χ0v) is 12.7. The summed E-state index contributed by atoms with van der Waals surface area (Å²) >= 11 is 0. The molecule has 0 spiro atoms. The number of nitrogens with two attached hydrogens (primary N) is 1. The fourth-order valence-corrected chi connectivity index (χ4v) is 2.02. The van der Waals surface area contributed by atoms with Crippen LogP contribution in [0.5, 0.6) is 11.6 Å². The maximum Gasteiger partial charge on any atom is 0.248 e. The fraction of sp³-hybridized carbons (Fsp3) is 0.118. The van der Waals surface area contributed by atoms with Crippen molar-refractivity contribution < 1.29 is 4.74 Å². The van der Waals surface area contributed by atoms with E-state index in [2.05, 4.69) is 27.2 Å². The van der Waals surface area contributed by atoms with Crippen molar-refractivity contribution >= 4 is 17.3 Å². The van der Waals surface area contributed by atoms with Gasteiger partial charge in [-0.1, -0.05) is 25.1 Å². The van der Waals surface area contributed by atoms with Crippen LogP contribution < -0.4 is 15.8 Å². The first kappa shape index (κ1) is 14.8. The Kier molecular flexibility index (Phi) is 4.33. The van der Waals surface area contributed by atoms with Gasteiger partial charge in [0.15, 0.2) is 5.82 Å². The van der Waals surface area contributed by atoms with E-state index in [1.807, 2.05) is 42.5 Å². The van der Waals surface area contributed by atoms with Crippen LogP contribution in [0, 0.1) is 0 Å². The van der Waals surface area contributed by atoms with Crippen molar-refractivity contribution in [2.45, 2.75) is 13.3 Å². The topological polar surface area (TPSA) is 86.0 Å². The molecule has 0 radical (unpaired) electrons. The average Bonchev–Trinajstić information content (AvgIpc) is 2.60. The number of aryl methyl sites for hydroxylation is 1. The number of anilines is 3. The molecule has 1 aromatic carbocycles. The van der Waals surface area contributed by atoms with E-state index in [0.29, 0.717) is 29.0 Å². The summed E-state index contributed by atoms with van der Waals surface area (Å²) in [7, 11) is 0. The van der Waals surface area contributed by atoms with Gasteiger partial charge in [-0.2, -0.15) is 4.98 Å². The van der Waals surface area contributed by atoms with Crippen LogP contribution in [0.4, 0.5) is 17.3 Å². The molecule has 0 unspecified atom stereocenters. The molecule has 3 N–H and O–H groups in total. The summed E-state index contributed by atoms with van der Waals surface area (Å²) < 4.78 is 5.75. The van der Waals surface area contributed by atoms with Crippen LogP contribution in [0.3, 0.4) is 0 Å². The molecule has 6 nitrogen and oxygen atoms in total. The number of rotatable bonds is 5. The molecule has 0 aliphatic carbocycles. The van der Waals surface area contributed by atoms with E-state index in [9.17, 15) is 0 Å². The van der Waals surface area contributed by atoms with Crippen LogP contribution in [0.15, 0.2) is 55.0 Å². The van der Waals surface area contributed by atoms with Crippen LogP contribution in [0.1, 0.15) is 12.5 Å². The van der Waals surface area contributed by atoms with Gasteiger partial charge in [-0.15, -0.1) is 0 Å². The SMILES string of the molecule is CCc1ccc(Oc2ncnc(Nc3ccccn3)c2N)cc1. The Bertz CT molecular complexity index is 775. The molecular weight excluding hydrogens is 290 g/mol. The maximum absolute atomic E-state index is 6.09. The third-order valence-corrected chi connectivity index (χ3v) is 3.30. The van der Waals surface area contributed by atoms with E-state index in [-0.39, 0.29) is 0 Å². The number of pyridine rings is 1. The normalized spacial score (nSPS) is 10.3. The average molecular weight is 307 g/mol. The molecule has 0 amide bonds. The van der Waals surface area contributed by atoms with Crippen molar-refractivity contribution in [3.05, 3.63) is 60.6 Å². The highest BCUT2D eigenvalue weighted by Gasteiger charge is 2.11. The zero-order chi connectivity index (χ0) is 16.1. The van der Waals surface area contributed by atoms with Crippen molar-refractivity contribution in [1.29, 1.82) is 0 Å². The summed E-state index contributed by atoms with van der Waals surface area (Å²) in [6.07, 6.45) is 4.07. The van der Waals surface area contributed by atoms with Crippen LogP contribution in [-0.4, -0.2) is 15.0 Å². The molecule has 0 bridgehead atoms. The van der Waals surface area contributed by atoms with E-state index in [1.165, 1.54) is 11.9 Å². The number of nitrogens with one attached hydrogen (secondary N) is 1. The number of hydrogen-bond acceptors (Lipinski definition) is 6. The molecule has 0 atom stereocenters. The summed E-state index contributed by atoms with van der Waals surface area (Å²) in [6, 6.07) is 13.4. The number of aromatic nitrogens is 3. The highest BCUT2D eigenvalue weighted by molar-refractivity contribution is 5.71. The van der Waals surface area contributed by atoms with Gasteiger partial charge < -0.3 is 15.8 Å². The minimum atomic E-state index is 0.308. The summed E-state index contributed by atoms with van der Waals surface area (Å²) in [4.78, 5) is 12.4. The van der Waals surface area contributed by atoms with Crippen molar-refractivity contribution in [3.8, 4) is 11.6 Å². The van der Waals surface area contributed by atoms with Gasteiger partial charge in [0.1, 0.15) is 23.6 Å². The van der Waals surface area contributed by atoms with Crippen molar-refractivity contribution in [3.63, 3.8) is 0 Å². The van der Waals surface area contributed by atoms with Gasteiger partial charge in [-0.3, -0.25) is 0 Å². The van der Waals surface area contributed by atoms with Crippen molar-refractivity contribution in [1.82, 2.24) is 15.0 Å². The van der Waals surface area contributed by atoms with Gasteiger partial charge in [0.2, 0.25) is 5.88 Å². The first-order valence-corrected chi connectivity index (χ1v) is 7.31. The molecule has 0 fully saturated rings. The molecule has 2 heterocycles. The maximum atomic E-state index is 6.09. The van der Waals surface area contributed by atoms with Gasteiger partial charge in [0.25, 0.3) is 0 Å². The number of ether oxygens (including phenoxy) is 1. The van der Waals surface area contributed by atoms with Gasteiger partial charge in [-0.25, -0.2) is 9.97 Å². The third-order valence-electron chi connectivity index (χ3n) is 3.30. The van der Waals surface area contributed by atoms with Crippen molar-refractivity contribution in [2.24, 2.45) is 0 Å².